The van der Waals surface area contributed by atoms with E-state index in [1.54, 1.807) is 7.11 Å². The third-order valence-corrected chi connectivity index (χ3v) is 6.82. The van der Waals surface area contributed by atoms with Crippen molar-refractivity contribution in [2.75, 3.05) is 20.4 Å². The van der Waals surface area contributed by atoms with Gasteiger partial charge in [0, 0.05) is 32.0 Å². The number of rotatable bonds is 3. The average molecular weight is 403 g/mol. The number of carbonyl (C=O) groups is 2. The van der Waals surface area contributed by atoms with E-state index in [-0.39, 0.29) is 24.8 Å². The number of carbonyl (C=O) groups excluding carboxylic acids is 2. The zero-order valence-corrected chi connectivity index (χ0v) is 16.9. The van der Waals surface area contributed by atoms with Crippen molar-refractivity contribution in [3.63, 3.8) is 0 Å². The largest absolute Gasteiger partial charge is 0.492 e. The van der Waals surface area contributed by atoms with Crippen molar-refractivity contribution in [2.45, 2.75) is 63.3 Å². The molecule has 3 heterocycles. The lowest BCUT2D eigenvalue weighted by atomic mass is 9.60. The molecule has 5 atom stereocenters. The molecule has 5 unspecified atom stereocenters. The molecule has 2 fully saturated rings. The molecule has 1 saturated heterocycles. The summed E-state index contributed by atoms with van der Waals surface area (Å²) >= 11 is 0. The normalized spacial score (nSPS) is 33.5. The number of ether oxygens (including phenoxy) is 5. The fourth-order valence-corrected chi connectivity index (χ4v) is 5.95. The van der Waals surface area contributed by atoms with Crippen LogP contribution in [0.5, 0.6) is 17.2 Å². The van der Waals surface area contributed by atoms with Crippen LogP contribution in [0.3, 0.4) is 0 Å². The third kappa shape index (κ3) is 2.54. The first kappa shape index (κ1) is 18.5. The number of nitrogens with zero attached hydrogens (tertiary/aromatic N) is 1. The minimum Gasteiger partial charge on any atom is -0.492 e. The van der Waals surface area contributed by atoms with Gasteiger partial charge in [-0.25, -0.2) is 0 Å². The molecule has 1 aromatic carbocycles. The lowest BCUT2D eigenvalue weighted by Gasteiger charge is -2.52. The summed E-state index contributed by atoms with van der Waals surface area (Å²) in [5, 5.41) is 0. The van der Waals surface area contributed by atoms with Crippen molar-refractivity contribution in [3.05, 3.63) is 17.2 Å². The second-order valence-electron chi connectivity index (χ2n) is 8.20. The summed E-state index contributed by atoms with van der Waals surface area (Å²) in [6.45, 7) is 4.57. The topological polar surface area (TPSA) is 83.5 Å². The predicted molar refractivity (Wildman–Crippen MR) is 100.0 cm³/mol. The lowest BCUT2D eigenvalue weighted by molar-refractivity contribution is -0.180. The van der Waals surface area contributed by atoms with Crippen LogP contribution in [0.15, 0.2) is 6.07 Å². The van der Waals surface area contributed by atoms with Crippen LogP contribution in [0.2, 0.25) is 0 Å². The Morgan fingerprint density at radius 3 is 2.69 bits per heavy atom. The second kappa shape index (κ2) is 6.52. The highest BCUT2D eigenvalue weighted by molar-refractivity contribution is 5.69. The number of methoxy groups -OCH3 is 1. The summed E-state index contributed by atoms with van der Waals surface area (Å²) in [7, 11) is 1.63. The lowest BCUT2D eigenvalue weighted by Crippen LogP contribution is -2.62. The molecule has 4 aliphatic rings. The van der Waals surface area contributed by atoms with Gasteiger partial charge >= 0.3 is 11.9 Å². The van der Waals surface area contributed by atoms with Gasteiger partial charge in [-0.3, -0.25) is 14.5 Å². The van der Waals surface area contributed by atoms with Crippen LogP contribution in [-0.2, 0) is 31.0 Å². The molecule has 1 aliphatic carbocycles. The zero-order valence-electron chi connectivity index (χ0n) is 16.9. The van der Waals surface area contributed by atoms with E-state index < -0.39 is 17.6 Å². The van der Waals surface area contributed by atoms with Gasteiger partial charge in [0.25, 0.3) is 0 Å². The van der Waals surface area contributed by atoms with Crippen molar-refractivity contribution in [3.8, 4) is 17.2 Å². The molecular formula is C21H25NO7. The summed E-state index contributed by atoms with van der Waals surface area (Å²) in [6, 6.07) is 2.22. The maximum Gasteiger partial charge on any atom is 0.303 e. The van der Waals surface area contributed by atoms with E-state index in [4.69, 9.17) is 23.7 Å². The Balaban J connectivity index is 1.71. The number of esters is 2. The third-order valence-electron chi connectivity index (χ3n) is 6.82. The van der Waals surface area contributed by atoms with Crippen LogP contribution in [0.1, 0.15) is 44.2 Å². The highest BCUT2D eigenvalue weighted by atomic mass is 16.7. The van der Waals surface area contributed by atoms with E-state index in [0.717, 1.165) is 37.1 Å². The Bertz CT molecular complexity index is 884. The predicted octanol–water partition coefficient (Wildman–Crippen LogP) is 1.91. The summed E-state index contributed by atoms with van der Waals surface area (Å²) in [5.41, 5.74) is 1.61. The molecule has 5 rings (SSSR count). The summed E-state index contributed by atoms with van der Waals surface area (Å²) in [5.74, 6) is 1.20. The van der Waals surface area contributed by atoms with E-state index in [1.165, 1.54) is 13.8 Å². The standard InChI is InChI=1S/C21H25NO7/c1-11(23)28-15-4-5-17-21(20(15)29-12(2)24)6-7-22(17)9-13-14(21)8-16-19(18(13)25-3)27-10-26-16/h8,15,17,20H,4-7,9-10H2,1-3H3. The van der Waals surface area contributed by atoms with Gasteiger partial charge in [-0.15, -0.1) is 0 Å². The molecule has 1 saturated carbocycles. The molecule has 0 aromatic heterocycles. The molecule has 8 nitrogen and oxygen atoms in total. The average Bonchev–Trinajstić information content (AvgIpc) is 3.24. The second-order valence-corrected chi connectivity index (χ2v) is 8.20. The summed E-state index contributed by atoms with van der Waals surface area (Å²) in [6.07, 6.45) is 1.30. The first-order chi connectivity index (χ1) is 14.0. The van der Waals surface area contributed by atoms with Crippen molar-refractivity contribution in [2.24, 2.45) is 0 Å². The number of hydrogen-bond acceptors (Lipinski definition) is 8. The van der Waals surface area contributed by atoms with Crippen molar-refractivity contribution in [1.82, 2.24) is 4.90 Å². The summed E-state index contributed by atoms with van der Waals surface area (Å²) < 4.78 is 28.6. The van der Waals surface area contributed by atoms with Crippen molar-refractivity contribution in [1.29, 1.82) is 0 Å². The van der Waals surface area contributed by atoms with Crippen molar-refractivity contribution < 1.29 is 33.3 Å². The fraction of sp³-hybridized carbons (Fsp3) is 0.619. The van der Waals surface area contributed by atoms with Crippen LogP contribution in [0.25, 0.3) is 0 Å². The Labute approximate surface area is 169 Å². The molecule has 3 aliphatic heterocycles. The van der Waals surface area contributed by atoms with Crippen LogP contribution < -0.4 is 14.2 Å². The zero-order chi connectivity index (χ0) is 20.3. The smallest absolute Gasteiger partial charge is 0.303 e. The van der Waals surface area contributed by atoms with Gasteiger partial charge in [0.2, 0.25) is 12.5 Å². The molecule has 29 heavy (non-hydrogen) atoms. The van der Waals surface area contributed by atoms with Crippen LogP contribution >= 0.6 is 0 Å². The first-order valence-electron chi connectivity index (χ1n) is 10.0. The van der Waals surface area contributed by atoms with E-state index >= 15 is 0 Å². The Morgan fingerprint density at radius 2 is 1.97 bits per heavy atom. The number of benzene rings is 1. The SMILES string of the molecule is COc1c2c(cc3c1OCO3)C13CCN(C2)C1CCC(OC(C)=O)C3OC(C)=O. The Kier molecular flexibility index (Phi) is 4.17. The highest BCUT2D eigenvalue weighted by Crippen LogP contribution is 2.59. The molecule has 2 bridgehead atoms. The molecule has 0 radical (unpaired) electrons. The van der Waals surface area contributed by atoms with E-state index in [0.29, 0.717) is 23.7 Å². The van der Waals surface area contributed by atoms with Crippen LogP contribution in [0, 0.1) is 0 Å². The molecular weight excluding hydrogens is 378 g/mol. The minimum atomic E-state index is -0.559. The Hall–Kier alpha value is -2.48. The van der Waals surface area contributed by atoms with E-state index in [1.807, 2.05) is 6.07 Å². The highest BCUT2D eigenvalue weighted by Gasteiger charge is 2.63. The molecule has 0 amide bonds. The monoisotopic (exact) mass is 403 g/mol. The van der Waals surface area contributed by atoms with E-state index in [9.17, 15) is 9.59 Å². The van der Waals surface area contributed by atoms with Crippen LogP contribution in [0.4, 0.5) is 0 Å². The number of hydrogen-bond donors (Lipinski definition) is 0. The maximum atomic E-state index is 12.1. The van der Waals surface area contributed by atoms with Gasteiger partial charge in [0.05, 0.1) is 12.5 Å². The maximum absolute atomic E-state index is 12.1. The van der Waals surface area contributed by atoms with Gasteiger partial charge in [-0.05, 0) is 37.4 Å². The van der Waals surface area contributed by atoms with Crippen molar-refractivity contribution >= 4 is 11.9 Å². The van der Waals surface area contributed by atoms with Gasteiger partial charge in [-0.2, -0.15) is 0 Å². The Morgan fingerprint density at radius 1 is 1.17 bits per heavy atom. The number of fused-ring (bicyclic) bond motifs is 2. The van der Waals surface area contributed by atoms with Gasteiger partial charge < -0.3 is 23.7 Å². The summed E-state index contributed by atoms with van der Waals surface area (Å²) in [4.78, 5) is 26.3. The van der Waals surface area contributed by atoms with E-state index in [2.05, 4.69) is 4.90 Å². The van der Waals surface area contributed by atoms with Gasteiger partial charge in [0.1, 0.15) is 12.2 Å². The quantitative estimate of drug-likeness (QED) is 0.708. The molecule has 1 aromatic rings. The molecule has 156 valence electrons. The molecule has 0 N–H and O–H groups in total. The fourth-order valence-electron chi connectivity index (χ4n) is 5.95. The van der Waals surface area contributed by atoms with Gasteiger partial charge in [0.15, 0.2) is 11.5 Å². The first-order valence-corrected chi connectivity index (χ1v) is 10.0. The minimum absolute atomic E-state index is 0.151. The molecule has 0 spiro atoms. The molecule has 8 heteroatoms. The van der Waals surface area contributed by atoms with Crippen LogP contribution in [-0.4, -0.2) is 55.5 Å². The van der Waals surface area contributed by atoms with Gasteiger partial charge in [-0.1, -0.05) is 0 Å².